The lowest BCUT2D eigenvalue weighted by Gasteiger charge is -2.54. The number of rotatable bonds is 2. The highest BCUT2D eigenvalue weighted by molar-refractivity contribution is 5.22. The summed E-state index contributed by atoms with van der Waals surface area (Å²) in [5, 5.41) is 0. The Labute approximate surface area is 110 Å². The molecule has 0 saturated carbocycles. The van der Waals surface area contributed by atoms with Crippen LogP contribution in [0.5, 0.6) is 0 Å². The zero-order valence-electron chi connectivity index (χ0n) is 11.6. The van der Waals surface area contributed by atoms with Gasteiger partial charge >= 0.3 is 0 Å². The van der Waals surface area contributed by atoms with Crippen molar-refractivity contribution in [2.24, 2.45) is 11.3 Å². The lowest BCUT2D eigenvalue weighted by molar-refractivity contribution is -0.0769. The van der Waals surface area contributed by atoms with Crippen molar-refractivity contribution >= 4 is 0 Å². The van der Waals surface area contributed by atoms with E-state index in [1.165, 1.54) is 51.3 Å². The summed E-state index contributed by atoms with van der Waals surface area (Å²) in [6.45, 7) is 13.0. The number of nitrogens with zero attached hydrogens (tertiary/aromatic N) is 2. The average Bonchev–Trinajstić information content (AvgIpc) is 3.07. The molecule has 0 aromatic carbocycles. The van der Waals surface area contributed by atoms with Crippen molar-refractivity contribution in [2.75, 3.05) is 45.9 Å². The van der Waals surface area contributed by atoms with Gasteiger partial charge in [0.2, 0.25) is 0 Å². The van der Waals surface area contributed by atoms with Crippen LogP contribution in [-0.4, -0.2) is 61.3 Å². The molecule has 3 nitrogen and oxygen atoms in total. The summed E-state index contributed by atoms with van der Waals surface area (Å²) in [6, 6.07) is 0. The SMILES string of the molecule is CC(C)=CCC12CN3CCN(CC(C3)C13CO3)C2. The molecule has 18 heavy (non-hydrogen) atoms. The predicted octanol–water partition coefficient (Wildman–Crippen LogP) is 1.36. The average molecular weight is 248 g/mol. The minimum atomic E-state index is 0.246. The van der Waals surface area contributed by atoms with E-state index < -0.39 is 0 Å². The van der Waals surface area contributed by atoms with E-state index >= 15 is 0 Å². The summed E-state index contributed by atoms with van der Waals surface area (Å²) in [6.07, 6.45) is 3.65. The predicted molar refractivity (Wildman–Crippen MR) is 71.5 cm³/mol. The number of ether oxygens (including phenoxy) is 1. The fourth-order valence-corrected chi connectivity index (χ4v) is 4.66. The Morgan fingerprint density at radius 1 is 1.22 bits per heavy atom. The summed E-state index contributed by atoms with van der Waals surface area (Å²) >= 11 is 0. The number of epoxide rings is 1. The maximum absolute atomic E-state index is 6.08. The van der Waals surface area contributed by atoms with Crippen LogP contribution in [0.2, 0.25) is 0 Å². The molecule has 100 valence electrons. The van der Waals surface area contributed by atoms with Gasteiger partial charge < -0.3 is 14.5 Å². The zero-order valence-corrected chi connectivity index (χ0v) is 11.6. The fourth-order valence-electron chi connectivity index (χ4n) is 4.66. The van der Waals surface area contributed by atoms with Gasteiger partial charge in [-0.2, -0.15) is 0 Å². The second-order valence-corrected chi connectivity index (χ2v) is 7.11. The lowest BCUT2D eigenvalue weighted by atomic mass is 9.61. The number of hydrogen-bond donors (Lipinski definition) is 0. The zero-order chi connectivity index (χ0) is 12.4. The van der Waals surface area contributed by atoms with Crippen LogP contribution < -0.4 is 0 Å². The van der Waals surface area contributed by atoms with E-state index in [2.05, 4.69) is 29.7 Å². The molecule has 5 heterocycles. The maximum Gasteiger partial charge on any atom is 0.105 e. The fraction of sp³-hybridized carbons (Fsp3) is 0.867. The van der Waals surface area contributed by atoms with E-state index in [9.17, 15) is 0 Å². The van der Waals surface area contributed by atoms with Gasteiger partial charge in [-0.05, 0) is 20.3 Å². The van der Waals surface area contributed by atoms with Crippen LogP contribution in [0, 0.1) is 11.3 Å². The van der Waals surface area contributed by atoms with E-state index in [1.54, 1.807) is 0 Å². The van der Waals surface area contributed by atoms with Crippen molar-refractivity contribution in [1.82, 2.24) is 9.80 Å². The van der Waals surface area contributed by atoms with Crippen LogP contribution >= 0.6 is 0 Å². The molecule has 0 radical (unpaired) electrons. The number of fused-ring (bicyclic) bond motifs is 1. The summed E-state index contributed by atoms with van der Waals surface area (Å²) in [5.41, 5.74) is 2.07. The molecule has 4 bridgehead atoms. The van der Waals surface area contributed by atoms with E-state index in [0.717, 1.165) is 12.5 Å². The summed E-state index contributed by atoms with van der Waals surface area (Å²) < 4.78 is 6.08. The Balaban J connectivity index is 1.72. The molecule has 5 aliphatic heterocycles. The molecule has 0 aromatic heterocycles. The van der Waals surface area contributed by atoms with Gasteiger partial charge in [0.25, 0.3) is 0 Å². The molecule has 3 heteroatoms. The number of hydrogen-bond acceptors (Lipinski definition) is 3. The van der Waals surface area contributed by atoms with Gasteiger partial charge in [-0.25, -0.2) is 0 Å². The lowest BCUT2D eigenvalue weighted by Crippen LogP contribution is -2.65. The highest BCUT2D eigenvalue weighted by atomic mass is 16.6. The van der Waals surface area contributed by atoms with E-state index in [-0.39, 0.29) is 5.60 Å². The minimum Gasteiger partial charge on any atom is -0.368 e. The molecule has 1 spiro atoms. The largest absolute Gasteiger partial charge is 0.368 e. The van der Waals surface area contributed by atoms with Crippen molar-refractivity contribution in [2.45, 2.75) is 25.9 Å². The Bertz CT molecular complexity index is 379. The molecule has 0 aromatic rings. The van der Waals surface area contributed by atoms with Crippen molar-refractivity contribution in [3.63, 3.8) is 0 Å². The molecule has 3 atom stereocenters. The molecule has 3 unspecified atom stereocenters. The van der Waals surface area contributed by atoms with Gasteiger partial charge in [-0.1, -0.05) is 11.6 Å². The van der Waals surface area contributed by atoms with Crippen LogP contribution in [0.25, 0.3) is 0 Å². The van der Waals surface area contributed by atoms with Crippen molar-refractivity contribution < 1.29 is 4.74 Å². The first-order valence-corrected chi connectivity index (χ1v) is 7.36. The van der Waals surface area contributed by atoms with Gasteiger partial charge in [0.1, 0.15) is 5.60 Å². The van der Waals surface area contributed by atoms with E-state index in [4.69, 9.17) is 4.74 Å². The van der Waals surface area contributed by atoms with Crippen molar-refractivity contribution in [1.29, 1.82) is 0 Å². The second-order valence-electron chi connectivity index (χ2n) is 7.11. The highest BCUT2D eigenvalue weighted by Gasteiger charge is 2.70. The molecular formula is C15H24N2O. The molecule has 0 N–H and O–H groups in total. The van der Waals surface area contributed by atoms with Crippen molar-refractivity contribution in [3.05, 3.63) is 11.6 Å². The Morgan fingerprint density at radius 2 is 1.83 bits per heavy atom. The Morgan fingerprint density at radius 3 is 2.33 bits per heavy atom. The smallest absolute Gasteiger partial charge is 0.105 e. The first-order chi connectivity index (χ1) is 8.64. The van der Waals surface area contributed by atoms with Gasteiger partial charge in [0, 0.05) is 50.6 Å². The first-order valence-electron chi connectivity index (χ1n) is 7.36. The quantitative estimate of drug-likeness (QED) is 0.543. The summed E-state index contributed by atoms with van der Waals surface area (Å²) in [5.74, 6) is 0.757. The topological polar surface area (TPSA) is 19.0 Å². The summed E-state index contributed by atoms with van der Waals surface area (Å²) in [4.78, 5) is 5.40. The molecule has 5 aliphatic rings. The van der Waals surface area contributed by atoms with Crippen LogP contribution in [0.15, 0.2) is 11.6 Å². The van der Waals surface area contributed by atoms with Gasteiger partial charge in [0.05, 0.1) is 6.61 Å². The standard InChI is InChI=1S/C15H24N2O/c1-12(2)3-4-14-9-16-5-6-17(10-14)8-13(7-16)15(14)11-18-15/h3,13H,4-11H2,1-2H3. The van der Waals surface area contributed by atoms with Crippen LogP contribution in [0.3, 0.4) is 0 Å². The Kier molecular flexibility index (Phi) is 2.28. The van der Waals surface area contributed by atoms with Crippen LogP contribution in [0.4, 0.5) is 0 Å². The normalized spacial score (nSPS) is 52.4. The van der Waals surface area contributed by atoms with E-state index in [0.29, 0.717) is 5.41 Å². The van der Waals surface area contributed by atoms with Gasteiger partial charge in [-0.3, -0.25) is 0 Å². The second kappa shape index (κ2) is 3.59. The monoisotopic (exact) mass is 248 g/mol. The maximum atomic E-state index is 6.08. The van der Waals surface area contributed by atoms with Gasteiger partial charge in [-0.15, -0.1) is 0 Å². The van der Waals surface area contributed by atoms with Crippen LogP contribution in [-0.2, 0) is 4.74 Å². The van der Waals surface area contributed by atoms with Crippen molar-refractivity contribution in [3.8, 4) is 0 Å². The van der Waals surface area contributed by atoms with E-state index in [1.807, 2.05) is 0 Å². The first kappa shape index (κ1) is 11.4. The molecule has 5 saturated heterocycles. The molecule has 0 amide bonds. The molecule has 5 fully saturated rings. The molecule has 5 rings (SSSR count). The highest BCUT2D eigenvalue weighted by Crippen LogP contribution is 2.59. The minimum absolute atomic E-state index is 0.246. The molecular weight excluding hydrogens is 224 g/mol. The third-order valence-corrected chi connectivity index (χ3v) is 5.66. The summed E-state index contributed by atoms with van der Waals surface area (Å²) in [7, 11) is 0. The number of piperidine rings is 2. The third kappa shape index (κ3) is 1.41. The van der Waals surface area contributed by atoms with Crippen LogP contribution in [0.1, 0.15) is 20.3 Å². The van der Waals surface area contributed by atoms with Gasteiger partial charge in [0.15, 0.2) is 0 Å². The molecule has 0 aliphatic carbocycles. The third-order valence-electron chi connectivity index (χ3n) is 5.66. The Hall–Kier alpha value is -0.380. The number of allylic oxidation sites excluding steroid dienone is 2.